The van der Waals surface area contributed by atoms with Crippen molar-refractivity contribution in [1.82, 2.24) is 8.87 Å². The van der Waals surface area contributed by atoms with Crippen molar-refractivity contribution in [2.45, 2.75) is 30.4 Å². The SMILES string of the molecule is COc1cccc2c1N(C1CCN(S(=O)(=O)c3ccc4c(c3)oc(=O)n4C)CC1)C(=O)OC2. The molecule has 0 saturated carbocycles. The minimum absolute atomic E-state index is 0.0622. The second kappa shape index (κ2) is 7.92. The van der Waals surface area contributed by atoms with Crippen molar-refractivity contribution < 1.29 is 27.1 Å². The van der Waals surface area contributed by atoms with Crippen LogP contribution in [0.25, 0.3) is 11.1 Å². The van der Waals surface area contributed by atoms with Gasteiger partial charge < -0.3 is 13.9 Å². The number of hydrogen-bond acceptors (Lipinski definition) is 7. The van der Waals surface area contributed by atoms with E-state index in [0.29, 0.717) is 29.8 Å². The zero-order chi connectivity index (χ0) is 23.3. The molecule has 2 aromatic carbocycles. The molecule has 11 heteroatoms. The topological polar surface area (TPSA) is 111 Å². The molecule has 5 rings (SSSR count). The second-order valence-electron chi connectivity index (χ2n) is 8.08. The first-order valence-electron chi connectivity index (χ1n) is 10.5. The predicted molar refractivity (Wildman–Crippen MR) is 119 cm³/mol. The molecule has 0 atom stereocenters. The number of nitrogens with zero attached hydrogens (tertiary/aromatic N) is 3. The van der Waals surface area contributed by atoms with Gasteiger partial charge in [-0.2, -0.15) is 4.31 Å². The van der Waals surface area contributed by atoms with Crippen LogP contribution in [-0.2, 0) is 28.4 Å². The molecule has 1 amide bonds. The van der Waals surface area contributed by atoms with Gasteiger partial charge in [-0.25, -0.2) is 18.0 Å². The minimum Gasteiger partial charge on any atom is -0.495 e. The Hall–Kier alpha value is -3.31. The molecule has 0 N–H and O–H groups in total. The number of cyclic esters (lactones) is 1. The van der Waals surface area contributed by atoms with E-state index in [0.717, 1.165) is 5.56 Å². The molecule has 0 unspecified atom stereocenters. The summed E-state index contributed by atoms with van der Waals surface area (Å²) < 4.78 is 45.2. The van der Waals surface area contributed by atoms with E-state index in [4.69, 9.17) is 13.9 Å². The first-order valence-corrected chi connectivity index (χ1v) is 12.0. The number of sulfonamides is 1. The number of methoxy groups -OCH3 is 1. The Kier molecular flexibility index (Phi) is 5.17. The number of aryl methyl sites for hydroxylation is 1. The number of para-hydroxylation sites is 1. The van der Waals surface area contributed by atoms with Gasteiger partial charge >= 0.3 is 11.8 Å². The molecule has 0 spiro atoms. The number of benzene rings is 2. The molecular formula is C22H23N3O7S. The zero-order valence-electron chi connectivity index (χ0n) is 18.2. The number of oxazole rings is 1. The van der Waals surface area contributed by atoms with Gasteiger partial charge in [0.05, 0.1) is 23.2 Å². The molecule has 1 fully saturated rings. The quantitative estimate of drug-likeness (QED) is 0.572. The highest BCUT2D eigenvalue weighted by atomic mass is 32.2. The Morgan fingerprint density at radius 1 is 1.09 bits per heavy atom. The zero-order valence-corrected chi connectivity index (χ0v) is 19.0. The third kappa shape index (κ3) is 3.47. The Balaban J connectivity index is 1.38. The fourth-order valence-electron chi connectivity index (χ4n) is 4.52. The van der Waals surface area contributed by atoms with Gasteiger partial charge in [0.15, 0.2) is 5.58 Å². The molecule has 0 bridgehead atoms. The van der Waals surface area contributed by atoms with Crippen molar-refractivity contribution in [1.29, 1.82) is 0 Å². The highest BCUT2D eigenvalue weighted by Crippen LogP contribution is 2.39. The van der Waals surface area contributed by atoms with Gasteiger partial charge in [-0.1, -0.05) is 12.1 Å². The second-order valence-corrected chi connectivity index (χ2v) is 10.0. The third-order valence-electron chi connectivity index (χ3n) is 6.28. The lowest BCUT2D eigenvalue weighted by Crippen LogP contribution is -2.50. The van der Waals surface area contributed by atoms with Crippen molar-refractivity contribution in [3.63, 3.8) is 0 Å². The number of piperidine rings is 1. The number of rotatable bonds is 4. The summed E-state index contributed by atoms with van der Waals surface area (Å²) in [5, 5.41) is 0. The standard InChI is InChI=1S/C22H23N3O7S/c1-23-17-7-6-16(12-19(17)32-21(23)26)33(28,29)24-10-8-15(9-11-24)25-20-14(13-31-22(25)27)4-3-5-18(20)30-2/h3-7,12,15H,8-11,13H2,1-2H3. The maximum atomic E-state index is 13.2. The summed E-state index contributed by atoms with van der Waals surface area (Å²) >= 11 is 0. The largest absolute Gasteiger partial charge is 0.495 e. The van der Waals surface area contributed by atoms with Crippen LogP contribution in [0, 0.1) is 0 Å². The van der Waals surface area contributed by atoms with E-state index < -0.39 is 21.9 Å². The normalized spacial score (nSPS) is 17.8. The number of anilines is 1. The first kappa shape index (κ1) is 21.5. The van der Waals surface area contributed by atoms with E-state index in [1.54, 1.807) is 31.2 Å². The number of ether oxygens (including phenoxy) is 2. The van der Waals surface area contributed by atoms with Crippen molar-refractivity contribution in [3.05, 3.63) is 52.5 Å². The van der Waals surface area contributed by atoms with Gasteiger partial charge in [0, 0.05) is 37.8 Å². The summed E-state index contributed by atoms with van der Waals surface area (Å²) in [7, 11) is -0.684. The van der Waals surface area contributed by atoms with Gasteiger partial charge in [0.1, 0.15) is 12.4 Å². The van der Waals surface area contributed by atoms with Gasteiger partial charge in [-0.05, 0) is 31.0 Å². The summed E-state index contributed by atoms with van der Waals surface area (Å²) in [6.45, 7) is 0.642. The number of amides is 1. The monoisotopic (exact) mass is 473 g/mol. The molecule has 2 aliphatic heterocycles. The first-order chi connectivity index (χ1) is 15.8. The maximum Gasteiger partial charge on any atom is 0.419 e. The number of hydrogen-bond donors (Lipinski definition) is 0. The lowest BCUT2D eigenvalue weighted by Gasteiger charge is -2.40. The number of fused-ring (bicyclic) bond motifs is 2. The number of carbonyl (C=O) groups is 1. The summed E-state index contributed by atoms with van der Waals surface area (Å²) in [6, 6.07) is 9.71. The molecule has 3 aromatic rings. The third-order valence-corrected chi connectivity index (χ3v) is 8.18. The highest BCUT2D eigenvalue weighted by molar-refractivity contribution is 7.89. The molecule has 1 aromatic heterocycles. The van der Waals surface area contributed by atoms with Gasteiger partial charge in [-0.15, -0.1) is 0 Å². The van der Waals surface area contributed by atoms with Crippen LogP contribution >= 0.6 is 0 Å². The molecule has 2 aliphatic rings. The highest BCUT2D eigenvalue weighted by Gasteiger charge is 2.38. The Morgan fingerprint density at radius 3 is 2.58 bits per heavy atom. The predicted octanol–water partition coefficient (Wildman–Crippen LogP) is 2.45. The molecule has 33 heavy (non-hydrogen) atoms. The number of aromatic nitrogens is 1. The van der Waals surface area contributed by atoms with Crippen molar-refractivity contribution in [2.75, 3.05) is 25.1 Å². The summed E-state index contributed by atoms with van der Waals surface area (Å²) in [6.07, 6.45) is 0.418. The molecule has 0 radical (unpaired) electrons. The van der Waals surface area contributed by atoms with Gasteiger partial charge in [0.25, 0.3) is 0 Å². The van der Waals surface area contributed by atoms with E-state index in [-0.39, 0.29) is 36.2 Å². The van der Waals surface area contributed by atoms with Crippen molar-refractivity contribution in [3.8, 4) is 5.75 Å². The molecule has 1 saturated heterocycles. The smallest absolute Gasteiger partial charge is 0.419 e. The fourth-order valence-corrected chi connectivity index (χ4v) is 6.00. The Morgan fingerprint density at radius 2 is 1.85 bits per heavy atom. The van der Waals surface area contributed by atoms with Gasteiger partial charge in [0.2, 0.25) is 10.0 Å². The van der Waals surface area contributed by atoms with Crippen molar-refractivity contribution >= 4 is 32.9 Å². The van der Waals surface area contributed by atoms with Crippen LogP contribution in [0.2, 0.25) is 0 Å². The van der Waals surface area contributed by atoms with E-state index in [1.165, 1.54) is 21.0 Å². The average molecular weight is 474 g/mol. The Bertz CT molecular complexity index is 1390. The van der Waals surface area contributed by atoms with E-state index in [2.05, 4.69) is 0 Å². The lowest BCUT2D eigenvalue weighted by molar-refractivity contribution is 0.135. The maximum absolute atomic E-state index is 13.2. The van der Waals surface area contributed by atoms with Crippen LogP contribution in [0.4, 0.5) is 10.5 Å². The molecule has 0 aliphatic carbocycles. The molecule has 174 valence electrons. The van der Waals surface area contributed by atoms with Crippen molar-refractivity contribution in [2.24, 2.45) is 7.05 Å². The van der Waals surface area contributed by atoms with E-state index in [1.807, 2.05) is 12.1 Å². The summed E-state index contributed by atoms with van der Waals surface area (Å²) in [5.74, 6) is 0.0290. The van der Waals surface area contributed by atoms with Crippen LogP contribution in [0.5, 0.6) is 5.75 Å². The van der Waals surface area contributed by atoms with Gasteiger partial charge in [-0.3, -0.25) is 9.47 Å². The van der Waals surface area contributed by atoms with E-state index >= 15 is 0 Å². The average Bonchev–Trinajstić information content (AvgIpc) is 3.11. The van der Waals surface area contributed by atoms with E-state index in [9.17, 15) is 18.0 Å². The van der Waals surface area contributed by atoms with Crippen LogP contribution in [0.3, 0.4) is 0 Å². The lowest BCUT2D eigenvalue weighted by atomic mass is 10.0. The van der Waals surface area contributed by atoms with Crippen LogP contribution < -0.4 is 15.4 Å². The van der Waals surface area contributed by atoms with Crippen LogP contribution in [0.15, 0.2) is 50.5 Å². The summed E-state index contributed by atoms with van der Waals surface area (Å²) in [4.78, 5) is 26.0. The molecular weight excluding hydrogens is 450 g/mol. The molecule has 3 heterocycles. The number of carbonyl (C=O) groups excluding carboxylic acids is 1. The van der Waals surface area contributed by atoms with Crippen LogP contribution in [0.1, 0.15) is 18.4 Å². The minimum atomic E-state index is -3.80. The Labute approximate surface area is 189 Å². The molecule has 10 nitrogen and oxygen atoms in total. The fraction of sp³-hybridized carbons (Fsp3) is 0.364. The van der Waals surface area contributed by atoms with Crippen LogP contribution in [-0.4, -0.2) is 49.6 Å². The summed E-state index contributed by atoms with van der Waals surface area (Å²) in [5.41, 5.74) is 2.27.